The summed E-state index contributed by atoms with van der Waals surface area (Å²) in [6.07, 6.45) is 3.42. The van der Waals surface area contributed by atoms with Crippen molar-refractivity contribution in [3.8, 4) is 16.9 Å². The molecule has 0 saturated heterocycles. The molecule has 7 heteroatoms. The van der Waals surface area contributed by atoms with Gasteiger partial charge in [-0.3, -0.25) is 10.1 Å². The molecule has 3 aromatic rings. The highest BCUT2D eigenvalue weighted by atomic mass is 35.5. The molecule has 3 rings (SSSR count). The normalized spacial score (nSPS) is 10.5. The standard InChI is InChI=1S/C14H9ClN4O2/c15-13-6-12(19(20)21)7-14(17-13)18-9-11(8-16-18)10-4-2-1-3-5-10/h1-9H. The topological polar surface area (TPSA) is 73.8 Å². The highest BCUT2D eigenvalue weighted by molar-refractivity contribution is 6.29. The van der Waals surface area contributed by atoms with Crippen LogP contribution in [0.3, 0.4) is 0 Å². The molecule has 0 radical (unpaired) electrons. The van der Waals surface area contributed by atoms with Gasteiger partial charge in [0, 0.05) is 11.8 Å². The number of hydrogen-bond acceptors (Lipinski definition) is 4. The van der Waals surface area contributed by atoms with Gasteiger partial charge in [-0.05, 0) is 5.56 Å². The summed E-state index contributed by atoms with van der Waals surface area (Å²) >= 11 is 5.81. The summed E-state index contributed by atoms with van der Waals surface area (Å²) in [4.78, 5) is 14.4. The van der Waals surface area contributed by atoms with Crippen LogP contribution in [0.25, 0.3) is 16.9 Å². The molecule has 21 heavy (non-hydrogen) atoms. The summed E-state index contributed by atoms with van der Waals surface area (Å²) in [5.41, 5.74) is 1.77. The average Bonchev–Trinajstić information content (AvgIpc) is 2.97. The molecule has 0 fully saturated rings. The van der Waals surface area contributed by atoms with Crippen molar-refractivity contribution >= 4 is 17.3 Å². The highest BCUT2D eigenvalue weighted by Crippen LogP contribution is 2.22. The molecule has 0 aliphatic heterocycles. The average molecular weight is 301 g/mol. The number of rotatable bonds is 3. The molecule has 0 unspecified atom stereocenters. The van der Waals surface area contributed by atoms with Crippen LogP contribution >= 0.6 is 11.6 Å². The number of hydrogen-bond donors (Lipinski definition) is 0. The Balaban J connectivity index is 2.02. The summed E-state index contributed by atoms with van der Waals surface area (Å²) in [6.45, 7) is 0. The minimum Gasteiger partial charge on any atom is -0.258 e. The minimum atomic E-state index is -0.515. The van der Waals surface area contributed by atoms with Crippen LogP contribution < -0.4 is 0 Å². The third-order valence-electron chi connectivity index (χ3n) is 2.90. The molecule has 0 aliphatic carbocycles. The zero-order valence-electron chi connectivity index (χ0n) is 10.7. The van der Waals surface area contributed by atoms with Crippen molar-refractivity contribution in [2.24, 2.45) is 0 Å². The van der Waals surface area contributed by atoms with Crippen LogP contribution in [0.2, 0.25) is 5.15 Å². The maximum atomic E-state index is 10.9. The number of pyridine rings is 1. The molecule has 0 aliphatic rings. The molecule has 0 N–H and O–H groups in total. The molecule has 0 spiro atoms. The van der Waals surface area contributed by atoms with Gasteiger partial charge in [0.1, 0.15) is 5.15 Å². The number of nitro groups is 1. The fraction of sp³-hybridized carbons (Fsp3) is 0. The van der Waals surface area contributed by atoms with Crippen LogP contribution in [0.5, 0.6) is 0 Å². The molecule has 6 nitrogen and oxygen atoms in total. The van der Waals surface area contributed by atoms with E-state index in [1.807, 2.05) is 30.3 Å². The molecule has 2 aromatic heterocycles. The van der Waals surface area contributed by atoms with Crippen molar-refractivity contribution in [3.63, 3.8) is 0 Å². The van der Waals surface area contributed by atoms with Crippen LogP contribution in [-0.4, -0.2) is 19.7 Å². The molecule has 104 valence electrons. The van der Waals surface area contributed by atoms with E-state index in [4.69, 9.17) is 11.6 Å². The zero-order chi connectivity index (χ0) is 14.8. The van der Waals surface area contributed by atoms with Crippen LogP contribution in [0.1, 0.15) is 0 Å². The summed E-state index contributed by atoms with van der Waals surface area (Å²) in [7, 11) is 0. The third-order valence-corrected chi connectivity index (χ3v) is 3.09. The lowest BCUT2D eigenvalue weighted by molar-refractivity contribution is -0.384. The van der Waals surface area contributed by atoms with E-state index in [0.717, 1.165) is 11.1 Å². The Bertz CT molecular complexity index is 802. The summed E-state index contributed by atoms with van der Waals surface area (Å²) < 4.78 is 1.46. The number of halogens is 1. The molecule has 0 atom stereocenters. The van der Waals surface area contributed by atoms with E-state index in [1.165, 1.54) is 16.8 Å². The monoisotopic (exact) mass is 300 g/mol. The Kier molecular flexibility index (Phi) is 3.37. The van der Waals surface area contributed by atoms with Crippen molar-refractivity contribution in [1.29, 1.82) is 0 Å². The molecule has 1 aromatic carbocycles. The van der Waals surface area contributed by atoms with Gasteiger partial charge in [0.15, 0.2) is 5.82 Å². The summed E-state index contributed by atoms with van der Waals surface area (Å²) in [6, 6.07) is 12.2. The van der Waals surface area contributed by atoms with E-state index in [9.17, 15) is 10.1 Å². The van der Waals surface area contributed by atoms with Crippen molar-refractivity contribution in [3.05, 3.63) is 70.1 Å². The van der Waals surface area contributed by atoms with Gasteiger partial charge < -0.3 is 0 Å². The predicted molar refractivity (Wildman–Crippen MR) is 78.5 cm³/mol. The Labute approximate surface area is 124 Å². The Morgan fingerprint density at radius 3 is 2.62 bits per heavy atom. The van der Waals surface area contributed by atoms with Crippen LogP contribution in [0.4, 0.5) is 5.69 Å². The van der Waals surface area contributed by atoms with Crippen LogP contribution in [0, 0.1) is 10.1 Å². The number of benzene rings is 1. The number of nitrogens with zero attached hydrogens (tertiary/aromatic N) is 4. The second-order valence-electron chi connectivity index (χ2n) is 4.30. The number of aromatic nitrogens is 3. The highest BCUT2D eigenvalue weighted by Gasteiger charge is 2.12. The lowest BCUT2D eigenvalue weighted by Crippen LogP contribution is -2.00. The molecule has 0 saturated carbocycles. The van der Waals surface area contributed by atoms with E-state index in [2.05, 4.69) is 10.1 Å². The molecule has 0 bridgehead atoms. The minimum absolute atomic E-state index is 0.0518. The maximum absolute atomic E-state index is 10.9. The van der Waals surface area contributed by atoms with Gasteiger partial charge in [-0.15, -0.1) is 0 Å². The van der Waals surface area contributed by atoms with Gasteiger partial charge in [-0.25, -0.2) is 9.67 Å². The van der Waals surface area contributed by atoms with Crippen molar-refractivity contribution in [2.45, 2.75) is 0 Å². The first-order valence-corrected chi connectivity index (χ1v) is 6.44. The fourth-order valence-electron chi connectivity index (χ4n) is 1.92. The Morgan fingerprint density at radius 2 is 1.90 bits per heavy atom. The van der Waals surface area contributed by atoms with E-state index >= 15 is 0 Å². The largest absolute Gasteiger partial charge is 0.276 e. The predicted octanol–water partition coefficient (Wildman–Crippen LogP) is 3.50. The third kappa shape index (κ3) is 2.75. The lowest BCUT2D eigenvalue weighted by atomic mass is 10.1. The van der Waals surface area contributed by atoms with Gasteiger partial charge in [0.25, 0.3) is 5.69 Å². The summed E-state index contributed by atoms with van der Waals surface area (Å²) in [5.74, 6) is 0.302. The fourth-order valence-corrected chi connectivity index (χ4v) is 2.12. The summed E-state index contributed by atoms with van der Waals surface area (Å²) in [5, 5.41) is 15.1. The molecular formula is C14H9ClN4O2. The molecular weight excluding hydrogens is 292 g/mol. The second-order valence-corrected chi connectivity index (χ2v) is 4.69. The zero-order valence-corrected chi connectivity index (χ0v) is 11.4. The van der Waals surface area contributed by atoms with Crippen molar-refractivity contribution in [2.75, 3.05) is 0 Å². The van der Waals surface area contributed by atoms with Crippen molar-refractivity contribution in [1.82, 2.24) is 14.8 Å². The molecule has 0 amide bonds. The quantitative estimate of drug-likeness (QED) is 0.421. The van der Waals surface area contributed by atoms with Gasteiger partial charge >= 0.3 is 0 Å². The first-order valence-electron chi connectivity index (χ1n) is 6.06. The maximum Gasteiger partial charge on any atom is 0.276 e. The van der Waals surface area contributed by atoms with Gasteiger partial charge in [0.2, 0.25) is 0 Å². The second kappa shape index (κ2) is 5.34. The van der Waals surface area contributed by atoms with E-state index in [-0.39, 0.29) is 10.8 Å². The SMILES string of the molecule is O=[N+]([O-])c1cc(Cl)nc(-n2cc(-c3ccccc3)cn2)c1. The first-order chi connectivity index (χ1) is 10.1. The molecule has 2 heterocycles. The van der Waals surface area contributed by atoms with Crippen LogP contribution in [-0.2, 0) is 0 Å². The van der Waals surface area contributed by atoms with E-state index in [0.29, 0.717) is 5.82 Å². The smallest absolute Gasteiger partial charge is 0.258 e. The van der Waals surface area contributed by atoms with E-state index in [1.54, 1.807) is 12.4 Å². The van der Waals surface area contributed by atoms with Gasteiger partial charge in [0.05, 0.1) is 23.3 Å². The Morgan fingerprint density at radius 1 is 1.14 bits per heavy atom. The Hall–Kier alpha value is -2.73. The van der Waals surface area contributed by atoms with Crippen molar-refractivity contribution < 1.29 is 4.92 Å². The van der Waals surface area contributed by atoms with E-state index < -0.39 is 4.92 Å². The van der Waals surface area contributed by atoms with Gasteiger partial charge in [-0.1, -0.05) is 41.9 Å². The first kappa shape index (κ1) is 13.3. The van der Waals surface area contributed by atoms with Crippen LogP contribution in [0.15, 0.2) is 54.9 Å². The lowest BCUT2D eigenvalue weighted by Gasteiger charge is -2.01. The van der Waals surface area contributed by atoms with Gasteiger partial charge in [-0.2, -0.15) is 5.10 Å².